The molecule has 0 spiro atoms. The Kier molecular flexibility index (Phi) is 4.37. The maximum Gasteiger partial charge on any atom is 0.194 e. The number of hydrogen-bond acceptors (Lipinski definition) is 1. The van der Waals surface area contributed by atoms with Crippen molar-refractivity contribution in [3.63, 3.8) is 0 Å². The van der Waals surface area contributed by atoms with E-state index in [0.29, 0.717) is 5.02 Å². The molecular formula is C13H8BrClF3N. The fraction of sp³-hybridized carbons (Fsp3) is 0.0769. The molecule has 2 aromatic rings. The summed E-state index contributed by atoms with van der Waals surface area (Å²) in [4.78, 5) is 0. The molecule has 2 aromatic carbocycles. The second-order valence-electron chi connectivity index (χ2n) is 3.84. The van der Waals surface area contributed by atoms with Crippen LogP contribution in [0.25, 0.3) is 0 Å². The van der Waals surface area contributed by atoms with Gasteiger partial charge >= 0.3 is 0 Å². The number of hydrogen-bond donors (Lipinski definition) is 1. The molecule has 0 radical (unpaired) electrons. The molecule has 0 bridgehead atoms. The molecule has 0 aliphatic rings. The van der Waals surface area contributed by atoms with Gasteiger partial charge in [0.05, 0.1) is 0 Å². The highest BCUT2D eigenvalue weighted by molar-refractivity contribution is 9.10. The van der Waals surface area contributed by atoms with Gasteiger partial charge in [-0.15, -0.1) is 0 Å². The van der Waals surface area contributed by atoms with Gasteiger partial charge in [0.15, 0.2) is 17.5 Å². The third-order valence-corrected chi connectivity index (χ3v) is 3.34. The van der Waals surface area contributed by atoms with E-state index >= 15 is 0 Å². The van der Waals surface area contributed by atoms with Gasteiger partial charge in [-0.1, -0.05) is 27.5 Å². The second-order valence-corrected chi connectivity index (χ2v) is 5.17. The molecule has 0 saturated heterocycles. The Labute approximate surface area is 121 Å². The molecule has 6 heteroatoms. The van der Waals surface area contributed by atoms with Gasteiger partial charge in [-0.3, -0.25) is 0 Å². The van der Waals surface area contributed by atoms with E-state index in [0.717, 1.165) is 22.2 Å². The van der Waals surface area contributed by atoms with Crippen LogP contribution in [-0.4, -0.2) is 0 Å². The van der Waals surface area contributed by atoms with Crippen LogP contribution in [0.5, 0.6) is 0 Å². The van der Waals surface area contributed by atoms with Crippen LogP contribution in [0.3, 0.4) is 0 Å². The van der Waals surface area contributed by atoms with E-state index in [9.17, 15) is 13.2 Å². The summed E-state index contributed by atoms with van der Waals surface area (Å²) in [7, 11) is 0. The lowest BCUT2D eigenvalue weighted by molar-refractivity contribution is 0.447. The summed E-state index contributed by atoms with van der Waals surface area (Å²) in [6.07, 6.45) is 0. The molecule has 0 aliphatic carbocycles. The minimum Gasteiger partial charge on any atom is -0.381 e. The summed E-state index contributed by atoms with van der Waals surface area (Å²) in [6, 6.07) is 7.05. The molecule has 0 atom stereocenters. The Balaban J connectivity index is 2.17. The number of nitrogens with one attached hydrogen (secondary N) is 1. The van der Waals surface area contributed by atoms with Gasteiger partial charge in [0.2, 0.25) is 0 Å². The molecule has 1 nitrogen and oxygen atoms in total. The average Bonchev–Trinajstić information content (AvgIpc) is 2.37. The van der Waals surface area contributed by atoms with E-state index in [-0.39, 0.29) is 12.2 Å². The van der Waals surface area contributed by atoms with Gasteiger partial charge in [0, 0.05) is 33.9 Å². The van der Waals surface area contributed by atoms with E-state index in [1.54, 1.807) is 18.2 Å². The zero-order valence-corrected chi connectivity index (χ0v) is 11.8. The fourth-order valence-electron chi connectivity index (χ4n) is 1.53. The van der Waals surface area contributed by atoms with Crippen LogP contribution in [0.2, 0.25) is 5.02 Å². The fourth-order valence-corrected chi connectivity index (χ4v) is 2.13. The summed E-state index contributed by atoms with van der Waals surface area (Å²) in [5.74, 6) is -3.95. The van der Waals surface area contributed by atoms with Crippen molar-refractivity contribution < 1.29 is 13.2 Å². The molecule has 100 valence electrons. The smallest absolute Gasteiger partial charge is 0.194 e. The lowest BCUT2D eigenvalue weighted by Crippen LogP contribution is -2.02. The van der Waals surface area contributed by atoms with Gasteiger partial charge in [0.1, 0.15) is 0 Å². The average molecular weight is 351 g/mol. The predicted molar refractivity (Wildman–Crippen MR) is 72.8 cm³/mol. The van der Waals surface area contributed by atoms with Crippen molar-refractivity contribution in [2.75, 3.05) is 5.32 Å². The van der Waals surface area contributed by atoms with E-state index < -0.39 is 17.5 Å². The van der Waals surface area contributed by atoms with Crippen molar-refractivity contribution >= 4 is 33.2 Å². The topological polar surface area (TPSA) is 12.0 Å². The Morgan fingerprint density at radius 3 is 2.32 bits per heavy atom. The number of anilines is 1. The van der Waals surface area contributed by atoms with Gasteiger partial charge in [-0.25, -0.2) is 13.2 Å². The first-order valence-corrected chi connectivity index (χ1v) is 6.47. The highest BCUT2D eigenvalue weighted by atomic mass is 79.9. The SMILES string of the molecule is Fc1cc(NCc2cc(Br)ccc2Cl)cc(F)c1F. The van der Waals surface area contributed by atoms with E-state index in [2.05, 4.69) is 21.2 Å². The van der Waals surface area contributed by atoms with Crippen molar-refractivity contribution in [3.05, 3.63) is 62.8 Å². The van der Waals surface area contributed by atoms with Crippen molar-refractivity contribution in [2.24, 2.45) is 0 Å². The van der Waals surface area contributed by atoms with Crippen LogP contribution in [-0.2, 0) is 6.54 Å². The lowest BCUT2D eigenvalue weighted by atomic mass is 10.2. The predicted octanol–water partition coefficient (Wildman–Crippen LogP) is 5.13. The maximum absolute atomic E-state index is 13.0. The molecule has 0 fully saturated rings. The van der Waals surface area contributed by atoms with Crippen LogP contribution in [0.1, 0.15) is 5.56 Å². The second kappa shape index (κ2) is 5.84. The first-order chi connectivity index (χ1) is 8.97. The highest BCUT2D eigenvalue weighted by Gasteiger charge is 2.10. The van der Waals surface area contributed by atoms with Gasteiger partial charge in [-0.05, 0) is 23.8 Å². The normalized spacial score (nSPS) is 10.6. The Bertz CT molecular complexity index is 596. The third-order valence-electron chi connectivity index (χ3n) is 2.47. The Morgan fingerprint density at radius 2 is 1.68 bits per heavy atom. The Hall–Kier alpha value is -1.20. The van der Waals surface area contributed by atoms with Crippen LogP contribution < -0.4 is 5.32 Å². The first kappa shape index (κ1) is 14.2. The quantitative estimate of drug-likeness (QED) is 0.757. The maximum atomic E-state index is 13.0. The summed E-state index contributed by atoms with van der Waals surface area (Å²) < 4.78 is 39.7. The number of rotatable bonds is 3. The molecule has 1 N–H and O–H groups in total. The molecule has 0 heterocycles. The monoisotopic (exact) mass is 349 g/mol. The Morgan fingerprint density at radius 1 is 1.05 bits per heavy atom. The van der Waals surface area contributed by atoms with Gasteiger partial charge < -0.3 is 5.32 Å². The molecular weight excluding hydrogens is 343 g/mol. The minimum absolute atomic E-state index is 0.146. The van der Waals surface area contributed by atoms with Crippen LogP contribution in [0, 0.1) is 17.5 Å². The van der Waals surface area contributed by atoms with Crippen molar-refractivity contribution in [2.45, 2.75) is 6.54 Å². The van der Waals surface area contributed by atoms with Crippen LogP contribution in [0.4, 0.5) is 18.9 Å². The standard InChI is InChI=1S/C13H8BrClF3N/c14-8-1-2-10(15)7(3-8)6-19-9-4-11(16)13(18)12(17)5-9/h1-5,19H,6H2. The van der Waals surface area contributed by atoms with E-state index in [1.165, 1.54) is 0 Å². The number of benzene rings is 2. The van der Waals surface area contributed by atoms with E-state index in [4.69, 9.17) is 11.6 Å². The molecule has 0 aromatic heterocycles. The van der Waals surface area contributed by atoms with Crippen molar-refractivity contribution in [1.29, 1.82) is 0 Å². The van der Waals surface area contributed by atoms with Gasteiger partial charge in [0.25, 0.3) is 0 Å². The number of halogens is 5. The summed E-state index contributed by atoms with van der Waals surface area (Å²) in [5.41, 5.74) is 0.897. The molecule has 0 unspecified atom stereocenters. The largest absolute Gasteiger partial charge is 0.381 e. The summed E-state index contributed by atoms with van der Waals surface area (Å²) in [5, 5.41) is 3.31. The molecule has 0 amide bonds. The van der Waals surface area contributed by atoms with Crippen molar-refractivity contribution in [3.8, 4) is 0 Å². The molecule has 2 rings (SSSR count). The molecule has 0 saturated carbocycles. The van der Waals surface area contributed by atoms with Crippen LogP contribution in [0.15, 0.2) is 34.8 Å². The highest BCUT2D eigenvalue weighted by Crippen LogP contribution is 2.23. The summed E-state index contributed by atoms with van der Waals surface area (Å²) >= 11 is 9.28. The van der Waals surface area contributed by atoms with Crippen LogP contribution >= 0.6 is 27.5 Å². The van der Waals surface area contributed by atoms with Gasteiger partial charge in [-0.2, -0.15) is 0 Å². The minimum atomic E-state index is -1.48. The zero-order valence-electron chi connectivity index (χ0n) is 9.48. The third kappa shape index (κ3) is 3.42. The lowest BCUT2D eigenvalue weighted by Gasteiger charge is -2.09. The molecule has 19 heavy (non-hydrogen) atoms. The first-order valence-electron chi connectivity index (χ1n) is 5.29. The van der Waals surface area contributed by atoms with E-state index in [1.807, 2.05) is 0 Å². The van der Waals surface area contributed by atoms with Crippen molar-refractivity contribution in [1.82, 2.24) is 0 Å². The summed E-state index contributed by atoms with van der Waals surface area (Å²) in [6.45, 7) is 0.267. The zero-order chi connectivity index (χ0) is 14.0. The molecule has 0 aliphatic heterocycles.